The number of carboxylic acid groups (broad SMARTS) is 1. The van der Waals surface area contributed by atoms with Crippen molar-refractivity contribution in [3.8, 4) is 0 Å². The number of carbonyl (C=O) groups excluding carboxylic acids is 1. The third kappa shape index (κ3) is 3.55. The molecule has 1 aliphatic heterocycles. The van der Waals surface area contributed by atoms with Gasteiger partial charge in [-0.15, -0.1) is 0 Å². The maximum absolute atomic E-state index is 12.3. The summed E-state index contributed by atoms with van der Waals surface area (Å²) in [6.07, 6.45) is 1.33. The van der Waals surface area contributed by atoms with Crippen molar-refractivity contribution in [2.24, 2.45) is 0 Å². The van der Waals surface area contributed by atoms with E-state index in [-0.39, 0.29) is 5.91 Å². The topological polar surface area (TPSA) is 73.7 Å². The highest BCUT2D eigenvalue weighted by Gasteiger charge is 2.23. The molecular formula is C12H14IN3O3. The number of amides is 2. The van der Waals surface area contributed by atoms with Crippen molar-refractivity contribution >= 4 is 34.6 Å². The Kier molecular flexibility index (Phi) is 4.56. The van der Waals surface area contributed by atoms with Crippen LogP contribution < -0.4 is 0 Å². The molecule has 0 spiro atoms. The van der Waals surface area contributed by atoms with Gasteiger partial charge in [0.1, 0.15) is 5.69 Å². The molecule has 0 aromatic carbocycles. The first-order valence-corrected chi connectivity index (χ1v) is 7.04. The average Bonchev–Trinajstić information content (AvgIpc) is 2.63. The Morgan fingerprint density at radius 2 is 1.89 bits per heavy atom. The zero-order valence-electron chi connectivity index (χ0n) is 10.3. The lowest BCUT2D eigenvalue weighted by Crippen LogP contribution is -2.37. The minimum atomic E-state index is -0.929. The molecule has 1 aliphatic rings. The van der Waals surface area contributed by atoms with Crippen LogP contribution >= 0.6 is 22.6 Å². The lowest BCUT2D eigenvalue weighted by atomic mass is 10.3. The fourth-order valence-corrected chi connectivity index (χ4v) is 2.45. The van der Waals surface area contributed by atoms with Gasteiger partial charge in [-0.1, -0.05) is 0 Å². The number of aromatic nitrogens is 1. The highest BCUT2D eigenvalue weighted by molar-refractivity contribution is 14.1. The molecule has 1 fully saturated rings. The quantitative estimate of drug-likeness (QED) is 0.756. The zero-order valence-corrected chi connectivity index (χ0v) is 12.4. The second-order valence-corrected chi connectivity index (χ2v) is 5.52. The molecule has 0 aliphatic carbocycles. The molecule has 1 saturated heterocycles. The molecule has 2 rings (SSSR count). The van der Waals surface area contributed by atoms with E-state index in [0.717, 1.165) is 3.57 Å². The van der Waals surface area contributed by atoms with E-state index in [2.05, 4.69) is 27.6 Å². The first kappa shape index (κ1) is 14.0. The second-order valence-electron chi connectivity index (χ2n) is 4.27. The molecule has 0 bridgehead atoms. The van der Waals surface area contributed by atoms with Crippen molar-refractivity contribution in [2.45, 2.75) is 6.42 Å². The number of carbonyl (C=O) groups is 2. The number of pyridine rings is 1. The van der Waals surface area contributed by atoms with Gasteiger partial charge in [-0.3, -0.25) is 9.78 Å². The minimum absolute atomic E-state index is 0.134. The summed E-state index contributed by atoms with van der Waals surface area (Å²) in [4.78, 5) is 30.3. The Labute approximate surface area is 124 Å². The molecule has 1 aromatic rings. The fraction of sp³-hybridized carbons (Fsp3) is 0.417. The van der Waals surface area contributed by atoms with Gasteiger partial charge in [0, 0.05) is 35.9 Å². The standard InChI is InChI=1S/C12H14IN3O3/c13-9-2-3-14-10(8-9)11(17)15-4-1-5-16(7-6-15)12(18)19/h2-3,8H,1,4-7H2,(H,18,19). The molecule has 0 atom stereocenters. The molecule has 2 amide bonds. The van der Waals surface area contributed by atoms with Crippen molar-refractivity contribution in [3.63, 3.8) is 0 Å². The molecule has 6 nitrogen and oxygen atoms in total. The van der Waals surface area contributed by atoms with Crippen LogP contribution in [0.4, 0.5) is 4.79 Å². The van der Waals surface area contributed by atoms with E-state index in [0.29, 0.717) is 38.3 Å². The van der Waals surface area contributed by atoms with Crippen LogP contribution in [0.5, 0.6) is 0 Å². The Balaban J connectivity index is 2.06. The zero-order chi connectivity index (χ0) is 13.8. The lowest BCUT2D eigenvalue weighted by molar-refractivity contribution is 0.0753. The number of hydrogen-bond acceptors (Lipinski definition) is 3. The largest absolute Gasteiger partial charge is 0.465 e. The first-order valence-electron chi connectivity index (χ1n) is 5.96. The van der Waals surface area contributed by atoms with Crippen LogP contribution in [-0.2, 0) is 0 Å². The third-order valence-corrected chi connectivity index (χ3v) is 3.67. The number of halogens is 1. The molecule has 0 radical (unpaired) electrons. The summed E-state index contributed by atoms with van der Waals surface area (Å²) < 4.78 is 0.956. The molecule has 1 aromatic heterocycles. The lowest BCUT2D eigenvalue weighted by Gasteiger charge is -2.20. The van der Waals surface area contributed by atoms with E-state index < -0.39 is 6.09 Å². The molecule has 1 N–H and O–H groups in total. The summed E-state index contributed by atoms with van der Waals surface area (Å²) in [5.41, 5.74) is 0.413. The predicted molar refractivity (Wildman–Crippen MR) is 77.1 cm³/mol. The highest BCUT2D eigenvalue weighted by atomic mass is 127. The van der Waals surface area contributed by atoms with Crippen molar-refractivity contribution in [1.82, 2.24) is 14.8 Å². The van der Waals surface area contributed by atoms with Crippen molar-refractivity contribution < 1.29 is 14.7 Å². The van der Waals surface area contributed by atoms with Gasteiger partial charge >= 0.3 is 6.09 Å². The monoisotopic (exact) mass is 375 g/mol. The van der Waals surface area contributed by atoms with Crippen molar-refractivity contribution in [1.29, 1.82) is 0 Å². The van der Waals surface area contributed by atoms with Gasteiger partial charge in [-0.05, 0) is 41.1 Å². The average molecular weight is 375 g/mol. The van der Waals surface area contributed by atoms with Crippen LogP contribution in [0.25, 0.3) is 0 Å². The van der Waals surface area contributed by atoms with Gasteiger partial charge < -0.3 is 14.9 Å². The van der Waals surface area contributed by atoms with Gasteiger partial charge in [0.2, 0.25) is 0 Å². The first-order chi connectivity index (χ1) is 9.08. The van der Waals surface area contributed by atoms with E-state index in [1.165, 1.54) is 4.90 Å². The summed E-state index contributed by atoms with van der Waals surface area (Å²) in [6.45, 7) is 1.80. The third-order valence-electron chi connectivity index (χ3n) is 2.99. The maximum atomic E-state index is 12.3. The van der Waals surface area contributed by atoms with Crippen LogP contribution in [0.15, 0.2) is 18.3 Å². The van der Waals surface area contributed by atoms with Crippen LogP contribution in [0, 0.1) is 3.57 Å². The Morgan fingerprint density at radius 1 is 1.21 bits per heavy atom. The smallest absolute Gasteiger partial charge is 0.407 e. The maximum Gasteiger partial charge on any atom is 0.407 e. The summed E-state index contributed by atoms with van der Waals surface area (Å²) in [5, 5.41) is 8.95. The number of hydrogen-bond donors (Lipinski definition) is 1. The highest BCUT2D eigenvalue weighted by Crippen LogP contribution is 2.10. The summed E-state index contributed by atoms with van der Waals surface area (Å²) in [7, 11) is 0. The van der Waals surface area contributed by atoms with Gasteiger partial charge in [-0.2, -0.15) is 0 Å². The summed E-state index contributed by atoms with van der Waals surface area (Å²) in [6, 6.07) is 3.56. The molecule has 19 heavy (non-hydrogen) atoms. The molecule has 7 heteroatoms. The van der Waals surface area contributed by atoms with Crippen molar-refractivity contribution in [3.05, 3.63) is 27.6 Å². The summed E-state index contributed by atoms with van der Waals surface area (Å²) >= 11 is 2.13. The Morgan fingerprint density at radius 3 is 2.58 bits per heavy atom. The molecule has 2 heterocycles. The summed E-state index contributed by atoms with van der Waals surface area (Å²) in [5.74, 6) is -0.134. The van der Waals surface area contributed by atoms with Gasteiger partial charge in [-0.25, -0.2) is 4.79 Å². The second kappa shape index (κ2) is 6.18. The van der Waals surface area contributed by atoms with E-state index in [1.807, 2.05) is 6.07 Å². The minimum Gasteiger partial charge on any atom is -0.465 e. The van der Waals surface area contributed by atoms with E-state index >= 15 is 0 Å². The van der Waals surface area contributed by atoms with E-state index in [4.69, 9.17) is 5.11 Å². The Hall–Kier alpha value is -1.38. The van der Waals surface area contributed by atoms with Gasteiger partial charge in [0.15, 0.2) is 0 Å². The van der Waals surface area contributed by atoms with Crippen LogP contribution in [0.3, 0.4) is 0 Å². The predicted octanol–water partition coefficient (Wildman–Crippen LogP) is 1.51. The van der Waals surface area contributed by atoms with E-state index in [1.54, 1.807) is 17.2 Å². The van der Waals surface area contributed by atoms with Crippen LogP contribution in [-0.4, -0.2) is 58.1 Å². The van der Waals surface area contributed by atoms with E-state index in [9.17, 15) is 9.59 Å². The SMILES string of the molecule is O=C(O)N1CCCN(C(=O)c2cc(I)ccn2)CC1. The molecule has 0 unspecified atom stereocenters. The molecule has 0 saturated carbocycles. The van der Waals surface area contributed by atoms with Crippen LogP contribution in [0.1, 0.15) is 16.9 Å². The molecular weight excluding hydrogens is 361 g/mol. The van der Waals surface area contributed by atoms with Crippen LogP contribution in [0.2, 0.25) is 0 Å². The normalized spacial score (nSPS) is 16.1. The number of rotatable bonds is 1. The van der Waals surface area contributed by atoms with Gasteiger partial charge in [0.05, 0.1) is 0 Å². The Bertz CT molecular complexity index is 495. The van der Waals surface area contributed by atoms with Gasteiger partial charge in [0.25, 0.3) is 5.91 Å². The number of nitrogens with zero attached hydrogens (tertiary/aromatic N) is 3. The fourth-order valence-electron chi connectivity index (χ4n) is 2.00. The van der Waals surface area contributed by atoms with Crippen molar-refractivity contribution in [2.75, 3.05) is 26.2 Å². The molecule has 102 valence electrons.